The summed E-state index contributed by atoms with van der Waals surface area (Å²) in [6, 6.07) is 14.1. The van der Waals surface area contributed by atoms with Crippen molar-refractivity contribution in [2.75, 3.05) is 5.32 Å². The minimum atomic E-state index is -0.317. The van der Waals surface area contributed by atoms with Crippen LogP contribution >= 0.6 is 23.4 Å². The number of hydrogen-bond acceptors (Lipinski definition) is 4. The first kappa shape index (κ1) is 21.9. The molecule has 1 aromatic heterocycles. The second-order valence-electron chi connectivity index (χ2n) is 8.11. The Balaban J connectivity index is 1.60. The van der Waals surface area contributed by atoms with Crippen molar-refractivity contribution in [1.29, 1.82) is 0 Å². The fourth-order valence-corrected chi connectivity index (χ4v) is 5.26. The predicted molar refractivity (Wildman–Crippen MR) is 128 cm³/mol. The van der Waals surface area contributed by atoms with Crippen molar-refractivity contribution < 1.29 is 4.79 Å². The molecule has 7 heteroatoms. The summed E-state index contributed by atoms with van der Waals surface area (Å²) >= 11 is 7.92. The van der Waals surface area contributed by atoms with Crippen molar-refractivity contribution in [2.45, 2.75) is 62.9 Å². The molecule has 162 valence electrons. The molecule has 4 rings (SSSR count). The van der Waals surface area contributed by atoms with Crippen LogP contribution in [0.1, 0.15) is 49.8 Å². The third-order valence-electron chi connectivity index (χ3n) is 5.85. The molecule has 1 fully saturated rings. The normalized spacial score (nSPS) is 15.2. The van der Waals surface area contributed by atoms with Crippen molar-refractivity contribution in [3.05, 3.63) is 58.6 Å². The lowest BCUT2D eigenvalue weighted by Gasteiger charge is -2.19. The summed E-state index contributed by atoms with van der Waals surface area (Å²) in [5.74, 6) is 0.741. The molecule has 0 saturated heterocycles. The second kappa shape index (κ2) is 9.45. The summed E-state index contributed by atoms with van der Waals surface area (Å²) in [6.45, 7) is 5.93. The van der Waals surface area contributed by atoms with Gasteiger partial charge in [-0.1, -0.05) is 66.5 Å². The molecule has 1 N–H and O–H groups in total. The van der Waals surface area contributed by atoms with Gasteiger partial charge < -0.3 is 5.32 Å². The van der Waals surface area contributed by atoms with Gasteiger partial charge in [0, 0.05) is 17.3 Å². The first-order valence-electron chi connectivity index (χ1n) is 10.7. The number of carbonyl (C=O) groups excluding carboxylic acids is 1. The molecule has 0 radical (unpaired) electrons. The quantitative estimate of drug-likeness (QED) is 0.435. The smallest absolute Gasteiger partial charge is 0.237 e. The van der Waals surface area contributed by atoms with Gasteiger partial charge in [0.05, 0.1) is 10.3 Å². The lowest BCUT2D eigenvalue weighted by atomic mass is 10.1. The highest BCUT2D eigenvalue weighted by molar-refractivity contribution is 8.00. The number of amides is 1. The molecule has 1 aliphatic carbocycles. The van der Waals surface area contributed by atoms with E-state index in [1.165, 1.54) is 24.6 Å². The van der Waals surface area contributed by atoms with Crippen molar-refractivity contribution in [3.63, 3.8) is 0 Å². The monoisotopic (exact) mass is 454 g/mol. The second-order valence-corrected chi connectivity index (χ2v) is 9.83. The first-order valence-corrected chi connectivity index (χ1v) is 11.9. The SMILES string of the molecule is Cc1cccc(C)c1NC(=O)C(C)Sc1nnc(-c2ccccc2Cl)n1C1CCCC1. The van der Waals surface area contributed by atoms with Crippen molar-refractivity contribution >= 4 is 35.0 Å². The van der Waals surface area contributed by atoms with E-state index in [-0.39, 0.29) is 11.2 Å². The molecule has 0 aliphatic heterocycles. The van der Waals surface area contributed by atoms with Crippen LogP contribution in [0.15, 0.2) is 47.6 Å². The highest BCUT2D eigenvalue weighted by Gasteiger charge is 2.28. The number of halogens is 1. The highest BCUT2D eigenvalue weighted by atomic mass is 35.5. The molecule has 31 heavy (non-hydrogen) atoms. The molecule has 0 spiro atoms. The summed E-state index contributed by atoms with van der Waals surface area (Å²) in [5, 5.41) is 13.2. The lowest BCUT2D eigenvalue weighted by Crippen LogP contribution is -2.24. The predicted octanol–water partition coefficient (Wildman–Crippen LogP) is 6.45. The molecule has 1 heterocycles. The van der Waals surface area contributed by atoms with Gasteiger partial charge in [-0.15, -0.1) is 10.2 Å². The fraction of sp³-hybridized carbons (Fsp3) is 0.375. The van der Waals surface area contributed by atoms with Crippen LogP contribution in [-0.2, 0) is 4.79 Å². The van der Waals surface area contributed by atoms with Crippen LogP contribution in [0.2, 0.25) is 5.02 Å². The van der Waals surface area contributed by atoms with Crippen molar-refractivity contribution in [3.8, 4) is 11.4 Å². The van der Waals surface area contributed by atoms with Crippen LogP contribution in [0.25, 0.3) is 11.4 Å². The minimum absolute atomic E-state index is 0.0392. The Kier molecular flexibility index (Phi) is 6.68. The van der Waals surface area contributed by atoms with Crippen LogP contribution in [0.5, 0.6) is 0 Å². The van der Waals surface area contributed by atoms with Gasteiger partial charge in [-0.3, -0.25) is 9.36 Å². The molecule has 1 saturated carbocycles. The van der Waals surface area contributed by atoms with Gasteiger partial charge in [-0.25, -0.2) is 0 Å². The van der Waals surface area contributed by atoms with Crippen LogP contribution in [0.4, 0.5) is 5.69 Å². The first-order chi connectivity index (χ1) is 15.0. The number of nitrogens with one attached hydrogen (secondary N) is 1. The Morgan fingerprint density at radius 2 is 1.77 bits per heavy atom. The summed E-state index contributed by atoms with van der Waals surface area (Å²) in [4.78, 5) is 13.0. The van der Waals surface area contributed by atoms with Gasteiger partial charge in [0.25, 0.3) is 0 Å². The van der Waals surface area contributed by atoms with E-state index < -0.39 is 0 Å². The highest BCUT2D eigenvalue weighted by Crippen LogP contribution is 2.39. The zero-order chi connectivity index (χ0) is 22.0. The molecule has 3 aromatic rings. The van der Waals surface area contributed by atoms with E-state index in [1.54, 1.807) is 0 Å². The van der Waals surface area contributed by atoms with Crippen LogP contribution in [0.3, 0.4) is 0 Å². The number of rotatable bonds is 6. The third kappa shape index (κ3) is 4.65. The van der Waals surface area contributed by atoms with E-state index in [4.69, 9.17) is 11.6 Å². The summed E-state index contributed by atoms with van der Waals surface area (Å²) in [5.41, 5.74) is 3.87. The Bertz CT molecular complexity index is 1070. The van der Waals surface area contributed by atoms with Crippen molar-refractivity contribution in [1.82, 2.24) is 14.8 Å². The Morgan fingerprint density at radius 3 is 2.45 bits per heavy atom. The summed E-state index contributed by atoms with van der Waals surface area (Å²) < 4.78 is 2.20. The topological polar surface area (TPSA) is 59.8 Å². The lowest BCUT2D eigenvalue weighted by molar-refractivity contribution is -0.115. The maximum Gasteiger partial charge on any atom is 0.237 e. The number of carbonyl (C=O) groups is 1. The van der Waals surface area contributed by atoms with Crippen molar-refractivity contribution in [2.24, 2.45) is 0 Å². The van der Waals surface area contributed by atoms with E-state index in [0.717, 1.165) is 46.2 Å². The van der Waals surface area contributed by atoms with Gasteiger partial charge in [-0.2, -0.15) is 0 Å². The summed E-state index contributed by atoms with van der Waals surface area (Å²) in [6.07, 6.45) is 4.56. The molecule has 2 aromatic carbocycles. The van der Waals surface area contributed by atoms with Gasteiger partial charge in [0.1, 0.15) is 0 Å². The molecule has 5 nitrogen and oxygen atoms in total. The molecular formula is C24H27ClN4OS. The van der Waals surface area contributed by atoms with E-state index in [9.17, 15) is 4.79 Å². The van der Waals surface area contributed by atoms with E-state index in [0.29, 0.717) is 11.1 Å². The van der Waals surface area contributed by atoms with Gasteiger partial charge >= 0.3 is 0 Å². The number of benzene rings is 2. The number of thioether (sulfide) groups is 1. The standard InChI is InChI=1S/C24H27ClN4OS/c1-15-9-8-10-16(2)21(15)26-23(30)17(3)31-24-28-27-22(19-13-6-7-14-20(19)25)29(24)18-11-4-5-12-18/h6-10,13-14,17-18H,4-5,11-12H2,1-3H3,(H,26,30). The zero-order valence-corrected chi connectivity index (χ0v) is 19.6. The van der Waals surface area contributed by atoms with E-state index >= 15 is 0 Å². The van der Waals surface area contributed by atoms with E-state index in [1.807, 2.05) is 63.2 Å². The Hall–Kier alpha value is -2.31. The number of aryl methyl sites for hydroxylation is 2. The fourth-order valence-electron chi connectivity index (χ4n) is 4.12. The van der Waals surface area contributed by atoms with Crippen LogP contribution < -0.4 is 5.32 Å². The number of anilines is 1. The summed E-state index contributed by atoms with van der Waals surface area (Å²) in [7, 11) is 0. The van der Waals surface area contributed by atoms with Crippen LogP contribution in [0, 0.1) is 13.8 Å². The third-order valence-corrected chi connectivity index (χ3v) is 7.24. The molecule has 1 atom stereocenters. The number of hydrogen-bond donors (Lipinski definition) is 1. The molecular weight excluding hydrogens is 428 g/mol. The van der Waals surface area contributed by atoms with Crippen LogP contribution in [-0.4, -0.2) is 25.9 Å². The number of nitrogens with zero attached hydrogens (tertiary/aromatic N) is 3. The molecule has 0 bridgehead atoms. The minimum Gasteiger partial charge on any atom is -0.325 e. The molecule has 1 unspecified atom stereocenters. The molecule has 1 amide bonds. The maximum absolute atomic E-state index is 13.0. The number of aromatic nitrogens is 3. The average Bonchev–Trinajstić information content (AvgIpc) is 3.41. The van der Waals surface area contributed by atoms with Gasteiger partial charge in [0.2, 0.25) is 5.91 Å². The Morgan fingerprint density at radius 1 is 1.10 bits per heavy atom. The average molecular weight is 455 g/mol. The maximum atomic E-state index is 13.0. The zero-order valence-electron chi connectivity index (χ0n) is 18.1. The van der Waals surface area contributed by atoms with Gasteiger partial charge in [0.15, 0.2) is 11.0 Å². The van der Waals surface area contributed by atoms with E-state index in [2.05, 4.69) is 20.1 Å². The number of para-hydroxylation sites is 1. The molecule has 1 aliphatic rings. The Labute approximate surface area is 192 Å². The largest absolute Gasteiger partial charge is 0.325 e. The van der Waals surface area contributed by atoms with Gasteiger partial charge in [-0.05, 0) is 56.9 Å².